The summed E-state index contributed by atoms with van der Waals surface area (Å²) >= 11 is 0. The monoisotopic (exact) mass is 767 g/mol. The molecule has 0 heterocycles. The van der Waals surface area contributed by atoms with Gasteiger partial charge < -0.3 is 31.0 Å². The summed E-state index contributed by atoms with van der Waals surface area (Å²) in [4.78, 5) is 54.8. The smallest absolute Gasteiger partial charge is 0.328 e. The number of guanidine groups is 1. The molecule has 11 nitrogen and oxygen atoms in total. The zero-order chi connectivity index (χ0) is 40.1. The van der Waals surface area contributed by atoms with Crippen molar-refractivity contribution >= 4 is 29.8 Å². The Balaban J connectivity index is 4.38. The van der Waals surface area contributed by atoms with Crippen molar-refractivity contribution in [3.8, 4) is 0 Å². The number of hydrogen-bond donors (Lipinski definition) is 3. The lowest BCUT2D eigenvalue weighted by Gasteiger charge is -2.17. The van der Waals surface area contributed by atoms with Crippen LogP contribution in [0, 0.1) is 11.8 Å². The molecule has 0 fully saturated rings. The molecule has 11 heteroatoms. The first kappa shape index (κ1) is 51.1. The van der Waals surface area contributed by atoms with Crippen molar-refractivity contribution in [2.75, 3.05) is 26.4 Å². The van der Waals surface area contributed by atoms with E-state index in [1.54, 1.807) is 0 Å². The molecule has 5 N–H and O–H groups in total. The summed E-state index contributed by atoms with van der Waals surface area (Å²) in [5.41, 5.74) is 10.9. The third-order valence-electron chi connectivity index (χ3n) is 9.94. The van der Waals surface area contributed by atoms with Gasteiger partial charge in [-0.15, -0.1) is 0 Å². The first-order valence-corrected chi connectivity index (χ1v) is 22.0. The highest BCUT2D eigenvalue weighted by molar-refractivity contribution is 5.84. The number of carbonyl (C=O) groups is 4. The topological polar surface area (TPSA) is 172 Å². The van der Waals surface area contributed by atoms with Gasteiger partial charge in [0.05, 0.1) is 31.7 Å². The molecule has 0 aromatic carbocycles. The van der Waals surface area contributed by atoms with E-state index in [2.05, 4.69) is 38.0 Å². The maximum atomic E-state index is 12.9. The SMILES string of the molecule is CCCCCCC(CCCC)C(=O)OCCCCCCCC(=O)NC(CCN=C(N)N)C(=O)OCCCCCCOC(=O)C(CCCC)CCCCCC. The fourth-order valence-electron chi connectivity index (χ4n) is 6.46. The molecule has 0 radical (unpaired) electrons. The van der Waals surface area contributed by atoms with Gasteiger partial charge in [0.25, 0.3) is 0 Å². The standard InChI is InChI=1S/C43H82N4O7/c1-5-9-13-20-28-36(26-11-7-3)40(49)52-33-23-17-15-16-22-30-39(48)47-38(31-32-46-43(44)45)42(51)54-35-25-19-18-24-34-53-41(50)37(27-12-8-4)29-21-14-10-6-2/h36-38H,5-35H2,1-4H3,(H,47,48)(H4,44,45,46). The lowest BCUT2D eigenvalue weighted by atomic mass is 9.95. The number of hydrogen-bond acceptors (Lipinski definition) is 8. The van der Waals surface area contributed by atoms with Gasteiger partial charge in [-0.2, -0.15) is 0 Å². The third kappa shape index (κ3) is 30.5. The van der Waals surface area contributed by atoms with E-state index < -0.39 is 12.0 Å². The Hall–Kier alpha value is -2.85. The van der Waals surface area contributed by atoms with Crippen LogP contribution in [0.4, 0.5) is 0 Å². The summed E-state index contributed by atoms with van der Waals surface area (Å²) in [7, 11) is 0. The number of rotatable bonds is 38. The average Bonchev–Trinajstić information content (AvgIpc) is 3.15. The van der Waals surface area contributed by atoms with Crippen LogP contribution in [-0.2, 0) is 33.4 Å². The minimum absolute atomic E-state index is 0.00835. The molecule has 0 saturated heterocycles. The summed E-state index contributed by atoms with van der Waals surface area (Å²) in [6.45, 7) is 10.00. The van der Waals surface area contributed by atoms with Gasteiger partial charge in [-0.05, 0) is 70.6 Å². The molecular weight excluding hydrogens is 684 g/mol. The zero-order valence-corrected chi connectivity index (χ0v) is 35.1. The molecule has 3 atom stereocenters. The van der Waals surface area contributed by atoms with E-state index in [0.717, 1.165) is 109 Å². The summed E-state index contributed by atoms with van der Waals surface area (Å²) in [6, 6.07) is -0.829. The molecule has 0 aromatic heterocycles. The quantitative estimate of drug-likeness (QED) is 0.0182. The molecule has 0 bridgehead atoms. The number of nitrogens with one attached hydrogen (secondary N) is 1. The van der Waals surface area contributed by atoms with E-state index in [9.17, 15) is 19.2 Å². The van der Waals surface area contributed by atoms with E-state index in [0.29, 0.717) is 32.5 Å². The van der Waals surface area contributed by atoms with Gasteiger partial charge in [0.1, 0.15) is 6.04 Å². The summed E-state index contributed by atoms with van der Waals surface area (Å²) in [6.07, 6.45) is 25.2. The number of aliphatic imine (C=N–C) groups is 1. The third-order valence-corrected chi connectivity index (χ3v) is 9.94. The maximum absolute atomic E-state index is 12.9. The van der Waals surface area contributed by atoms with Gasteiger partial charge in [0.2, 0.25) is 5.91 Å². The number of ether oxygens (including phenoxy) is 3. The number of esters is 3. The molecular formula is C43H82N4O7. The van der Waals surface area contributed by atoms with Crippen molar-refractivity contribution in [1.29, 1.82) is 0 Å². The summed E-state index contributed by atoms with van der Waals surface area (Å²) < 4.78 is 16.7. The maximum Gasteiger partial charge on any atom is 0.328 e. The van der Waals surface area contributed by atoms with Crippen LogP contribution in [0.15, 0.2) is 4.99 Å². The zero-order valence-electron chi connectivity index (χ0n) is 35.1. The minimum Gasteiger partial charge on any atom is -0.465 e. The highest BCUT2D eigenvalue weighted by Gasteiger charge is 2.23. The number of unbranched alkanes of at least 4 members (excludes halogenated alkanes) is 15. The highest BCUT2D eigenvalue weighted by Crippen LogP contribution is 2.21. The summed E-state index contributed by atoms with van der Waals surface area (Å²) in [5.74, 6) is -0.846. The molecule has 0 aromatic rings. The minimum atomic E-state index is -0.829. The first-order chi connectivity index (χ1) is 26.2. The second kappa shape index (κ2) is 37.1. The van der Waals surface area contributed by atoms with Crippen LogP contribution in [0.25, 0.3) is 0 Å². The average molecular weight is 767 g/mol. The van der Waals surface area contributed by atoms with Gasteiger partial charge in [0.15, 0.2) is 5.96 Å². The van der Waals surface area contributed by atoms with Crippen LogP contribution >= 0.6 is 0 Å². The van der Waals surface area contributed by atoms with Crippen molar-refractivity contribution in [3.63, 3.8) is 0 Å². The molecule has 3 unspecified atom stereocenters. The Kier molecular flexibility index (Phi) is 35.1. The van der Waals surface area contributed by atoms with Crippen LogP contribution in [0.2, 0.25) is 0 Å². The van der Waals surface area contributed by atoms with Crippen molar-refractivity contribution in [3.05, 3.63) is 0 Å². The number of carbonyl (C=O) groups excluding carboxylic acids is 4. The first-order valence-electron chi connectivity index (χ1n) is 22.0. The fraction of sp³-hybridized carbons (Fsp3) is 0.884. The number of amides is 1. The van der Waals surface area contributed by atoms with E-state index in [1.807, 2.05) is 0 Å². The molecule has 0 saturated carbocycles. The van der Waals surface area contributed by atoms with E-state index in [-0.39, 0.29) is 55.2 Å². The molecule has 1 amide bonds. The van der Waals surface area contributed by atoms with Gasteiger partial charge >= 0.3 is 17.9 Å². The Labute approximate surface area is 329 Å². The Morgan fingerprint density at radius 1 is 0.481 bits per heavy atom. The van der Waals surface area contributed by atoms with Crippen molar-refractivity contribution < 1.29 is 33.4 Å². The highest BCUT2D eigenvalue weighted by atomic mass is 16.5. The van der Waals surface area contributed by atoms with Crippen molar-refractivity contribution in [2.24, 2.45) is 28.3 Å². The largest absolute Gasteiger partial charge is 0.465 e. The van der Waals surface area contributed by atoms with Gasteiger partial charge in [-0.1, -0.05) is 124 Å². The Bertz CT molecular complexity index is 973. The molecule has 316 valence electrons. The van der Waals surface area contributed by atoms with Crippen LogP contribution in [-0.4, -0.2) is 62.2 Å². The molecule has 0 rings (SSSR count). The summed E-state index contributed by atoms with van der Waals surface area (Å²) in [5, 5.41) is 2.81. The molecule has 0 aliphatic rings. The second-order valence-corrected chi connectivity index (χ2v) is 15.0. The van der Waals surface area contributed by atoms with Crippen LogP contribution in [0.1, 0.15) is 201 Å². The number of nitrogens with two attached hydrogens (primary N) is 2. The van der Waals surface area contributed by atoms with E-state index in [1.165, 1.54) is 38.5 Å². The molecule has 0 aliphatic carbocycles. The lowest BCUT2D eigenvalue weighted by Crippen LogP contribution is -2.42. The Morgan fingerprint density at radius 2 is 0.870 bits per heavy atom. The van der Waals surface area contributed by atoms with Crippen molar-refractivity contribution in [2.45, 2.75) is 207 Å². The predicted molar refractivity (Wildman–Crippen MR) is 220 cm³/mol. The lowest BCUT2D eigenvalue weighted by molar-refractivity contribution is -0.150. The second-order valence-electron chi connectivity index (χ2n) is 15.0. The Morgan fingerprint density at radius 3 is 1.31 bits per heavy atom. The van der Waals surface area contributed by atoms with Gasteiger partial charge in [-0.3, -0.25) is 19.4 Å². The van der Waals surface area contributed by atoms with E-state index in [4.69, 9.17) is 25.7 Å². The van der Waals surface area contributed by atoms with Crippen LogP contribution in [0.3, 0.4) is 0 Å². The van der Waals surface area contributed by atoms with Crippen LogP contribution < -0.4 is 16.8 Å². The normalized spacial score (nSPS) is 12.7. The molecule has 54 heavy (non-hydrogen) atoms. The van der Waals surface area contributed by atoms with Crippen molar-refractivity contribution in [1.82, 2.24) is 5.32 Å². The van der Waals surface area contributed by atoms with Gasteiger partial charge in [0, 0.05) is 13.0 Å². The predicted octanol–water partition coefficient (Wildman–Crippen LogP) is 9.22. The molecule has 0 spiro atoms. The van der Waals surface area contributed by atoms with Gasteiger partial charge in [-0.25, -0.2) is 4.79 Å². The van der Waals surface area contributed by atoms with Crippen LogP contribution in [0.5, 0.6) is 0 Å². The van der Waals surface area contributed by atoms with E-state index >= 15 is 0 Å². The number of nitrogens with zero attached hydrogens (tertiary/aromatic N) is 1. The fourth-order valence-corrected chi connectivity index (χ4v) is 6.46. The molecule has 0 aliphatic heterocycles.